The van der Waals surface area contributed by atoms with E-state index in [9.17, 15) is 4.79 Å². The number of aliphatic carboxylic acids is 1. The highest BCUT2D eigenvalue weighted by Gasteiger charge is 2.07. The zero-order chi connectivity index (χ0) is 10.7. The summed E-state index contributed by atoms with van der Waals surface area (Å²) in [5, 5.41) is 17.6. The summed E-state index contributed by atoms with van der Waals surface area (Å²) >= 11 is 5.80. The number of halogens is 1. The van der Waals surface area contributed by atoms with E-state index < -0.39 is 5.97 Å². The monoisotopic (exact) mass is 209 g/mol. The van der Waals surface area contributed by atoms with Crippen LogP contribution in [0, 0.1) is 18.3 Å². The Hall–Kier alpha value is -1.53. The van der Waals surface area contributed by atoms with Crippen LogP contribution in [0.5, 0.6) is 0 Å². The Labute approximate surface area is 86.5 Å². The molecule has 0 aromatic heterocycles. The zero-order valence-corrected chi connectivity index (χ0v) is 8.30. The van der Waals surface area contributed by atoms with Gasteiger partial charge in [0.25, 0.3) is 0 Å². The van der Waals surface area contributed by atoms with Crippen LogP contribution in [0.1, 0.15) is 16.7 Å². The second-order valence-electron chi connectivity index (χ2n) is 2.95. The molecule has 0 aliphatic carbocycles. The third-order valence-corrected chi connectivity index (χ3v) is 2.11. The molecule has 0 spiro atoms. The van der Waals surface area contributed by atoms with Crippen molar-refractivity contribution in [2.45, 2.75) is 13.3 Å². The van der Waals surface area contributed by atoms with E-state index in [1.54, 1.807) is 13.0 Å². The van der Waals surface area contributed by atoms with Crippen molar-refractivity contribution in [3.05, 3.63) is 33.8 Å². The van der Waals surface area contributed by atoms with Crippen molar-refractivity contribution in [3.63, 3.8) is 0 Å². The Kier molecular flexibility index (Phi) is 3.10. The predicted octanol–water partition coefficient (Wildman–Crippen LogP) is 2.15. The highest BCUT2D eigenvalue weighted by Crippen LogP contribution is 2.21. The van der Waals surface area contributed by atoms with Gasteiger partial charge in [-0.15, -0.1) is 0 Å². The Balaban J connectivity index is 3.15. The second-order valence-corrected chi connectivity index (χ2v) is 3.36. The Morgan fingerprint density at radius 1 is 1.64 bits per heavy atom. The van der Waals surface area contributed by atoms with Gasteiger partial charge in [0.15, 0.2) is 0 Å². The topological polar surface area (TPSA) is 61.1 Å². The molecule has 0 unspecified atom stereocenters. The molecule has 1 aromatic rings. The van der Waals surface area contributed by atoms with E-state index in [1.165, 1.54) is 6.07 Å². The van der Waals surface area contributed by atoms with Crippen LogP contribution in [0.2, 0.25) is 5.02 Å². The van der Waals surface area contributed by atoms with E-state index >= 15 is 0 Å². The maximum Gasteiger partial charge on any atom is 0.307 e. The summed E-state index contributed by atoms with van der Waals surface area (Å²) in [6, 6.07) is 5.15. The molecule has 0 aliphatic rings. The van der Waals surface area contributed by atoms with Gasteiger partial charge >= 0.3 is 5.97 Å². The van der Waals surface area contributed by atoms with Crippen LogP contribution in [-0.2, 0) is 11.2 Å². The van der Waals surface area contributed by atoms with E-state index in [2.05, 4.69) is 0 Å². The number of hydrogen-bond donors (Lipinski definition) is 1. The molecular formula is C10H8ClNO2. The first-order valence-electron chi connectivity index (χ1n) is 3.95. The van der Waals surface area contributed by atoms with Crippen molar-refractivity contribution in [3.8, 4) is 6.07 Å². The number of aryl methyl sites for hydroxylation is 1. The van der Waals surface area contributed by atoms with Crippen molar-refractivity contribution in [2.75, 3.05) is 0 Å². The summed E-state index contributed by atoms with van der Waals surface area (Å²) in [4.78, 5) is 10.4. The lowest BCUT2D eigenvalue weighted by molar-refractivity contribution is -0.136. The summed E-state index contributed by atoms with van der Waals surface area (Å²) in [5.74, 6) is -0.912. The molecule has 1 rings (SSSR count). The summed E-state index contributed by atoms with van der Waals surface area (Å²) in [6.45, 7) is 1.73. The van der Waals surface area contributed by atoms with Gasteiger partial charge in [0, 0.05) is 0 Å². The highest BCUT2D eigenvalue weighted by molar-refractivity contribution is 6.31. The molecule has 0 aliphatic heterocycles. The molecule has 0 radical (unpaired) electrons. The van der Waals surface area contributed by atoms with Crippen LogP contribution < -0.4 is 0 Å². The number of nitrogens with zero attached hydrogens (tertiary/aromatic N) is 1. The van der Waals surface area contributed by atoms with Crippen molar-refractivity contribution in [2.24, 2.45) is 0 Å². The molecule has 0 saturated heterocycles. The minimum atomic E-state index is -0.912. The van der Waals surface area contributed by atoms with Crippen LogP contribution in [0.4, 0.5) is 0 Å². The standard InChI is InChI=1S/C10H8ClNO2/c1-6-2-7(4-10(13)14)3-9(11)8(6)5-12/h2-3H,4H2,1H3,(H,13,14). The molecule has 0 bridgehead atoms. The minimum Gasteiger partial charge on any atom is -0.481 e. The zero-order valence-electron chi connectivity index (χ0n) is 7.54. The lowest BCUT2D eigenvalue weighted by atomic mass is 10.0. The van der Waals surface area contributed by atoms with Crippen LogP contribution in [0.3, 0.4) is 0 Å². The lowest BCUT2D eigenvalue weighted by Crippen LogP contribution is -2.01. The van der Waals surface area contributed by atoms with E-state index in [4.69, 9.17) is 22.0 Å². The van der Waals surface area contributed by atoms with E-state index in [-0.39, 0.29) is 6.42 Å². The molecule has 72 valence electrons. The number of nitriles is 1. The van der Waals surface area contributed by atoms with Gasteiger partial charge in [-0.1, -0.05) is 17.7 Å². The van der Waals surface area contributed by atoms with E-state index in [0.717, 1.165) is 0 Å². The highest BCUT2D eigenvalue weighted by atomic mass is 35.5. The molecule has 1 aromatic carbocycles. The van der Waals surface area contributed by atoms with Gasteiger partial charge in [-0.25, -0.2) is 0 Å². The maximum atomic E-state index is 10.4. The quantitative estimate of drug-likeness (QED) is 0.812. The molecule has 14 heavy (non-hydrogen) atoms. The van der Waals surface area contributed by atoms with Crippen LogP contribution in [-0.4, -0.2) is 11.1 Å². The van der Waals surface area contributed by atoms with Crippen LogP contribution in [0.25, 0.3) is 0 Å². The van der Waals surface area contributed by atoms with Crippen molar-refractivity contribution in [1.82, 2.24) is 0 Å². The van der Waals surface area contributed by atoms with Gasteiger partial charge in [0.05, 0.1) is 17.0 Å². The molecule has 0 amide bonds. The summed E-state index contributed by atoms with van der Waals surface area (Å²) in [5.41, 5.74) is 1.72. The van der Waals surface area contributed by atoms with Gasteiger partial charge in [0.2, 0.25) is 0 Å². The number of rotatable bonds is 2. The first-order chi connectivity index (χ1) is 6.54. The fraction of sp³-hybridized carbons (Fsp3) is 0.200. The molecule has 1 N–H and O–H groups in total. The van der Waals surface area contributed by atoms with Crippen molar-refractivity contribution in [1.29, 1.82) is 5.26 Å². The molecule has 4 heteroatoms. The number of hydrogen-bond acceptors (Lipinski definition) is 2. The summed E-state index contributed by atoms with van der Waals surface area (Å²) in [6.07, 6.45) is -0.0771. The third-order valence-electron chi connectivity index (χ3n) is 1.81. The minimum absolute atomic E-state index is 0.0771. The van der Waals surface area contributed by atoms with Gasteiger partial charge in [0.1, 0.15) is 6.07 Å². The van der Waals surface area contributed by atoms with Crippen molar-refractivity contribution < 1.29 is 9.90 Å². The fourth-order valence-electron chi connectivity index (χ4n) is 1.23. The normalized spacial score (nSPS) is 9.50. The van der Waals surface area contributed by atoms with Gasteiger partial charge in [-0.05, 0) is 24.1 Å². The average molecular weight is 210 g/mol. The van der Waals surface area contributed by atoms with Crippen LogP contribution >= 0.6 is 11.6 Å². The molecular weight excluding hydrogens is 202 g/mol. The first kappa shape index (κ1) is 10.6. The smallest absolute Gasteiger partial charge is 0.307 e. The first-order valence-corrected chi connectivity index (χ1v) is 4.33. The van der Waals surface area contributed by atoms with Crippen molar-refractivity contribution >= 4 is 17.6 Å². The van der Waals surface area contributed by atoms with Gasteiger partial charge in [-0.3, -0.25) is 4.79 Å². The Morgan fingerprint density at radius 2 is 2.29 bits per heavy atom. The predicted molar refractivity (Wildman–Crippen MR) is 52.2 cm³/mol. The van der Waals surface area contributed by atoms with Gasteiger partial charge in [-0.2, -0.15) is 5.26 Å². The Morgan fingerprint density at radius 3 is 2.71 bits per heavy atom. The van der Waals surface area contributed by atoms with Gasteiger partial charge < -0.3 is 5.11 Å². The maximum absolute atomic E-state index is 10.4. The van der Waals surface area contributed by atoms with E-state index in [0.29, 0.717) is 21.7 Å². The fourth-order valence-corrected chi connectivity index (χ4v) is 1.56. The summed E-state index contributed by atoms with van der Waals surface area (Å²) < 4.78 is 0. The molecule has 3 nitrogen and oxygen atoms in total. The van der Waals surface area contributed by atoms with Crippen LogP contribution in [0.15, 0.2) is 12.1 Å². The molecule has 0 heterocycles. The SMILES string of the molecule is Cc1cc(CC(=O)O)cc(Cl)c1C#N. The second kappa shape index (κ2) is 4.12. The number of carboxylic acid groups (broad SMARTS) is 1. The number of carbonyl (C=O) groups is 1. The number of benzene rings is 1. The average Bonchev–Trinajstić information content (AvgIpc) is 2.01. The van der Waals surface area contributed by atoms with E-state index in [1.807, 2.05) is 6.07 Å². The lowest BCUT2D eigenvalue weighted by Gasteiger charge is -2.03. The molecule has 0 saturated carbocycles. The molecule has 0 fully saturated rings. The number of carboxylic acids is 1. The molecule has 0 atom stereocenters. The third kappa shape index (κ3) is 2.24. The largest absolute Gasteiger partial charge is 0.481 e. The Bertz CT molecular complexity index is 398. The summed E-state index contributed by atoms with van der Waals surface area (Å²) in [7, 11) is 0.